The summed E-state index contributed by atoms with van der Waals surface area (Å²) < 4.78 is 0. The van der Waals surface area contributed by atoms with Gasteiger partial charge in [-0.2, -0.15) is 4.99 Å². The molecule has 2 rings (SSSR count). The van der Waals surface area contributed by atoms with Crippen LogP contribution in [0.5, 0.6) is 0 Å². The fourth-order valence-corrected chi connectivity index (χ4v) is 2.78. The Morgan fingerprint density at radius 3 is 2.55 bits per heavy atom. The van der Waals surface area contributed by atoms with Crippen molar-refractivity contribution in [2.45, 2.75) is 20.3 Å². The highest BCUT2D eigenvalue weighted by Gasteiger charge is 2.28. The molecule has 1 amide bonds. The van der Waals surface area contributed by atoms with E-state index in [1.54, 1.807) is 24.3 Å². The maximum atomic E-state index is 11.9. The average Bonchev–Trinajstić information content (AvgIpc) is 2.68. The van der Waals surface area contributed by atoms with Crippen LogP contribution in [0.15, 0.2) is 51.6 Å². The molecule has 2 heterocycles. The maximum absolute atomic E-state index is 11.9. The van der Waals surface area contributed by atoms with Gasteiger partial charge in [-0.15, -0.1) is 0 Å². The molecule has 5 heteroatoms. The van der Waals surface area contributed by atoms with Gasteiger partial charge in [0, 0.05) is 18.7 Å². The number of aliphatic imine (C=N–C) groups is 1. The number of nitrogens with zero attached hydrogens (tertiary/aromatic N) is 2. The zero-order valence-electron chi connectivity index (χ0n) is 11.7. The van der Waals surface area contributed by atoms with Gasteiger partial charge in [-0.05, 0) is 44.2 Å². The number of thioether (sulfide) groups is 1. The number of carbonyl (C=O) groups is 1. The Morgan fingerprint density at radius 2 is 2.00 bits per heavy atom. The molecule has 1 fully saturated rings. The zero-order valence-corrected chi connectivity index (χ0v) is 12.5. The van der Waals surface area contributed by atoms with Crippen LogP contribution in [0.2, 0.25) is 0 Å². The summed E-state index contributed by atoms with van der Waals surface area (Å²) >= 11 is 1.38. The first-order valence-corrected chi connectivity index (χ1v) is 7.43. The van der Waals surface area contributed by atoms with Gasteiger partial charge in [0.2, 0.25) is 0 Å². The van der Waals surface area contributed by atoms with E-state index in [0.29, 0.717) is 10.5 Å². The van der Waals surface area contributed by atoms with Crippen molar-refractivity contribution in [1.82, 2.24) is 4.90 Å². The molecular formula is C15H18N2O2S. The van der Waals surface area contributed by atoms with Crippen molar-refractivity contribution in [1.29, 1.82) is 0 Å². The SMILES string of the molecule is C\C=C/C(O)=C(\C=C/C)/C=C1\SC(N2CCC2)=NC1=O. The second-order valence-electron chi connectivity index (χ2n) is 4.49. The van der Waals surface area contributed by atoms with Crippen LogP contribution in [0.3, 0.4) is 0 Å². The number of hydrogen-bond donors (Lipinski definition) is 1. The molecule has 0 aromatic heterocycles. The lowest BCUT2D eigenvalue weighted by molar-refractivity contribution is -0.113. The van der Waals surface area contributed by atoms with Gasteiger partial charge in [-0.25, -0.2) is 0 Å². The molecule has 0 atom stereocenters. The summed E-state index contributed by atoms with van der Waals surface area (Å²) in [6, 6.07) is 0. The Bertz CT molecular complexity index is 552. The molecule has 0 aliphatic carbocycles. The van der Waals surface area contributed by atoms with E-state index < -0.39 is 0 Å². The molecule has 2 aliphatic rings. The van der Waals surface area contributed by atoms with Crippen LogP contribution >= 0.6 is 11.8 Å². The Kier molecular flexibility index (Phi) is 4.84. The summed E-state index contributed by atoms with van der Waals surface area (Å²) in [4.78, 5) is 18.6. The zero-order chi connectivity index (χ0) is 14.5. The molecule has 0 saturated carbocycles. The lowest BCUT2D eigenvalue weighted by atomic mass is 10.1. The van der Waals surface area contributed by atoms with Gasteiger partial charge < -0.3 is 10.0 Å². The highest BCUT2D eigenvalue weighted by atomic mass is 32.2. The minimum atomic E-state index is -0.229. The van der Waals surface area contributed by atoms with E-state index >= 15 is 0 Å². The van der Waals surface area contributed by atoms with Crippen LogP contribution in [0.25, 0.3) is 0 Å². The third kappa shape index (κ3) is 3.22. The number of aliphatic hydroxyl groups is 1. The van der Waals surface area contributed by atoms with Crippen LogP contribution in [-0.4, -0.2) is 34.2 Å². The molecule has 2 aliphatic heterocycles. The van der Waals surface area contributed by atoms with Crippen molar-refractivity contribution in [2.75, 3.05) is 13.1 Å². The molecule has 0 radical (unpaired) electrons. The van der Waals surface area contributed by atoms with Crippen molar-refractivity contribution >= 4 is 22.8 Å². The van der Waals surface area contributed by atoms with Crippen molar-refractivity contribution in [2.24, 2.45) is 4.99 Å². The van der Waals surface area contributed by atoms with Crippen molar-refractivity contribution in [3.05, 3.63) is 46.6 Å². The van der Waals surface area contributed by atoms with Crippen LogP contribution < -0.4 is 0 Å². The molecule has 20 heavy (non-hydrogen) atoms. The minimum absolute atomic E-state index is 0.143. The Hall–Kier alpha value is -1.75. The Balaban J connectivity index is 2.21. The predicted octanol–water partition coefficient (Wildman–Crippen LogP) is 3.17. The van der Waals surface area contributed by atoms with Gasteiger partial charge in [-0.3, -0.25) is 4.79 Å². The smallest absolute Gasteiger partial charge is 0.286 e. The first-order valence-electron chi connectivity index (χ1n) is 6.62. The third-order valence-corrected chi connectivity index (χ3v) is 4.03. The first kappa shape index (κ1) is 14.7. The van der Waals surface area contributed by atoms with Gasteiger partial charge in [-0.1, -0.05) is 18.2 Å². The van der Waals surface area contributed by atoms with E-state index in [-0.39, 0.29) is 11.7 Å². The lowest BCUT2D eigenvalue weighted by Crippen LogP contribution is -2.39. The predicted molar refractivity (Wildman–Crippen MR) is 83.6 cm³/mol. The number of amides is 1. The average molecular weight is 290 g/mol. The molecule has 0 aromatic rings. The number of rotatable bonds is 3. The first-order chi connectivity index (χ1) is 9.65. The van der Waals surface area contributed by atoms with Crippen LogP contribution in [0.4, 0.5) is 0 Å². The van der Waals surface area contributed by atoms with Crippen molar-refractivity contribution in [3.63, 3.8) is 0 Å². The molecule has 0 spiro atoms. The van der Waals surface area contributed by atoms with Gasteiger partial charge in [0.05, 0.1) is 4.91 Å². The summed E-state index contributed by atoms with van der Waals surface area (Å²) in [7, 11) is 0. The molecule has 0 bridgehead atoms. The quantitative estimate of drug-likeness (QED) is 0.493. The molecular weight excluding hydrogens is 272 g/mol. The highest BCUT2D eigenvalue weighted by Crippen LogP contribution is 2.31. The number of amidine groups is 1. The summed E-state index contributed by atoms with van der Waals surface area (Å²) in [5.41, 5.74) is 0.613. The molecule has 1 N–H and O–H groups in total. The lowest BCUT2D eigenvalue weighted by Gasteiger charge is -2.31. The standard InChI is InChI=1S/C15H18N2O2S/c1-3-6-11(12(18)7-4-2)10-13-14(19)16-15(20-13)17-8-5-9-17/h3-4,6-7,10,18H,5,8-9H2,1-2H3/b6-3-,7-4-,12-11-,13-10-. The van der Waals surface area contributed by atoms with Gasteiger partial charge in [0.25, 0.3) is 5.91 Å². The molecule has 0 unspecified atom stereocenters. The summed E-state index contributed by atoms with van der Waals surface area (Å²) in [6.45, 7) is 5.63. The van der Waals surface area contributed by atoms with Gasteiger partial charge in [0.15, 0.2) is 5.17 Å². The van der Waals surface area contributed by atoms with E-state index in [9.17, 15) is 9.90 Å². The van der Waals surface area contributed by atoms with E-state index in [0.717, 1.165) is 24.7 Å². The molecule has 4 nitrogen and oxygen atoms in total. The van der Waals surface area contributed by atoms with Crippen LogP contribution in [-0.2, 0) is 4.79 Å². The molecule has 1 saturated heterocycles. The Labute approximate surface area is 123 Å². The summed E-state index contributed by atoms with van der Waals surface area (Å²) in [6.07, 6.45) is 9.80. The highest BCUT2D eigenvalue weighted by molar-refractivity contribution is 8.18. The largest absolute Gasteiger partial charge is 0.507 e. The van der Waals surface area contributed by atoms with Crippen molar-refractivity contribution in [3.8, 4) is 0 Å². The second-order valence-corrected chi connectivity index (χ2v) is 5.50. The number of carbonyl (C=O) groups excluding carboxylic acids is 1. The molecule has 106 valence electrons. The summed E-state index contributed by atoms with van der Waals surface area (Å²) in [5.74, 6) is -0.0870. The fraction of sp³-hybridized carbons (Fsp3) is 0.333. The number of hydrogen-bond acceptors (Lipinski definition) is 4. The van der Waals surface area contributed by atoms with Gasteiger partial charge >= 0.3 is 0 Å². The Morgan fingerprint density at radius 1 is 1.30 bits per heavy atom. The minimum Gasteiger partial charge on any atom is -0.507 e. The van der Waals surface area contributed by atoms with Gasteiger partial charge in [0.1, 0.15) is 5.76 Å². The van der Waals surface area contributed by atoms with E-state index in [1.807, 2.05) is 19.9 Å². The van der Waals surface area contributed by atoms with E-state index in [4.69, 9.17) is 0 Å². The van der Waals surface area contributed by atoms with Crippen molar-refractivity contribution < 1.29 is 9.90 Å². The number of allylic oxidation sites excluding steroid dienone is 6. The monoisotopic (exact) mass is 290 g/mol. The van der Waals surface area contributed by atoms with Crippen LogP contribution in [0, 0.1) is 0 Å². The van der Waals surface area contributed by atoms with E-state index in [1.165, 1.54) is 11.8 Å². The second kappa shape index (κ2) is 6.61. The maximum Gasteiger partial charge on any atom is 0.286 e. The normalized spacial score (nSPS) is 22.7. The summed E-state index contributed by atoms with van der Waals surface area (Å²) in [5, 5.41) is 10.7. The number of likely N-dealkylation sites (tertiary alicyclic amines) is 1. The third-order valence-electron chi connectivity index (χ3n) is 2.99. The molecule has 0 aromatic carbocycles. The topological polar surface area (TPSA) is 52.9 Å². The van der Waals surface area contributed by atoms with Crippen LogP contribution in [0.1, 0.15) is 20.3 Å². The fourth-order valence-electron chi connectivity index (χ4n) is 1.82. The van der Waals surface area contributed by atoms with E-state index in [2.05, 4.69) is 9.89 Å². The number of aliphatic hydroxyl groups excluding tert-OH is 1.